The summed E-state index contributed by atoms with van der Waals surface area (Å²) in [6.45, 7) is 3.65. The molecule has 2 atom stereocenters. The highest BCUT2D eigenvalue weighted by atomic mass is 79.9. The van der Waals surface area contributed by atoms with Crippen LogP contribution in [0.2, 0.25) is 0 Å². The number of hydrogen-bond acceptors (Lipinski definition) is 3. The lowest BCUT2D eigenvalue weighted by molar-refractivity contribution is -0.385. The second-order valence-corrected chi connectivity index (χ2v) is 4.64. The molecule has 0 aliphatic rings. The van der Waals surface area contributed by atoms with Crippen LogP contribution in [0.1, 0.15) is 31.7 Å². The number of rotatable bonds is 4. The van der Waals surface area contributed by atoms with Gasteiger partial charge in [0.1, 0.15) is 0 Å². The van der Waals surface area contributed by atoms with Gasteiger partial charge in [-0.15, -0.1) is 0 Å². The molecule has 5 heteroatoms. The summed E-state index contributed by atoms with van der Waals surface area (Å²) in [5, 5.41) is 20.6. The Kier molecular flexibility index (Phi) is 4.44. The van der Waals surface area contributed by atoms with Crippen molar-refractivity contribution in [3.8, 4) is 0 Å². The van der Waals surface area contributed by atoms with E-state index in [4.69, 9.17) is 0 Å². The van der Waals surface area contributed by atoms with Crippen LogP contribution in [0.3, 0.4) is 0 Å². The van der Waals surface area contributed by atoms with E-state index in [9.17, 15) is 15.2 Å². The average Bonchev–Trinajstić information content (AvgIpc) is 2.26. The van der Waals surface area contributed by atoms with Gasteiger partial charge in [0.15, 0.2) is 0 Å². The highest BCUT2D eigenvalue weighted by molar-refractivity contribution is 9.10. The Hall–Kier alpha value is -0.940. The molecule has 0 aliphatic carbocycles. The van der Waals surface area contributed by atoms with Crippen molar-refractivity contribution in [2.24, 2.45) is 0 Å². The molecule has 1 aromatic rings. The largest absolute Gasteiger partial charge is 0.393 e. The maximum absolute atomic E-state index is 10.9. The molecular weight excluding hydrogens is 274 g/mol. The van der Waals surface area contributed by atoms with Gasteiger partial charge in [0.25, 0.3) is 5.69 Å². The Morgan fingerprint density at radius 2 is 2.19 bits per heavy atom. The van der Waals surface area contributed by atoms with Crippen molar-refractivity contribution in [3.63, 3.8) is 0 Å². The van der Waals surface area contributed by atoms with Gasteiger partial charge in [-0.05, 0) is 12.5 Å². The Bertz CT molecular complexity index is 395. The van der Waals surface area contributed by atoms with Crippen molar-refractivity contribution in [1.82, 2.24) is 0 Å². The molecule has 1 aromatic carbocycles. The van der Waals surface area contributed by atoms with Crippen LogP contribution in [0.25, 0.3) is 0 Å². The van der Waals surface area contributed by atoms with Gasteiger partial charge in [0.05, 0.1) is 11.0 Å². The number of nitro benzene ring substituents is 1. The van der Waals surface area contributed by atoms with Crippen molar-refractivity contribution in [1.29, 1.82) is 0 Å². The molecule has 0 spiro atoms. The summed E-state index contributed by atoms with van der Waals surface area (Å²) in [7, 11) is 0. The van der Waals surface area contributed by atoms with Crippen LogP contribution < -0.4 is 0 Å². The lowest BCUT2D eigenvalue weighted by atomic mass is 9.92. The Morgan fingerprint density at radius 1 is 1.56 bits per heavy atom. The van der Waals surface area contributed by atoms with Gasteiger partial charge in [-0.25, -0.2) is 0 Å². The monoisotopic (exact) mass is 287 g/mol. The standard InChI is InChI=1S/C11H14BrNO3/c1-3-11(14)7(2)9-5-4-8(12)6-10(9)13(15)16/h4-7,11,14H,3H2,1-2H3. The van der Waals surface area contributed by atoms with Crippen LogP contribution in [0, 0.1) is 10.1 Å². The first kappa shape index (κ1) is 13.1. The van der Waals surface area contributed by atoms with E-state index in [1.54, 1.807) is 19.1 Å². The highest BCUT2D eigenvalue weighted by Crippen LogP contribution is 2.31. The van der Waals surface area contributed by atoms with Gasteiger partial charge in [-0.1, -0.05) is 35.8 Å². The van der Waals surface area contributed by atoms with E-state index in [1.807, 2.05) is 6.92 Å². The molecule has 16 heavy (non-hydrogen) atoms. The van der Waals surface area contributed by atoms with Crippen molar-refractivity contribution in [2.45, 2.75) is 32.3 Å². The van der Waals surface area contributed by atoms with Gasteiger partial charge >= 0.3 is 0 Å². The third kappa shape index (κ3) is 2.80. The Labute approximate surface area is 103 Å². The van der Waals surface area contributed by atoms with Crippen molar-refractivity contribution in [2.75, 3.05) is 0 Å². The first-order valence-electron chi connectivity index (χ1n) is 5.09. The third-order valence-corrected chi connectivity index (χ3v) is 3.17. The molecule has 0 heterocycles. The summed E-state index contributed by atoms with van der Waals surface area (Å²) in [6.07, 6.45) is 0.0221. The molecule has 0 saturated carbocycles. The predicted molar refractivity (Wildman–Crippen MR) is 65.5 cm³/mol. The predicted octanol–water partition coefficient (Wildman–Crippen LogP) is 3.23. The summed E-state index contributed by atoms with van der Waals surface area (Å²) in [5.41, 5.74) is 0.622. The number of aliphatic hydroxyl groups is 1. The maximum Gasteiger partial charge on any atom is 0.274 e. The van der Waals surface area contributed by atoms with Crippen LogP contribution in [0.4, 0.5) is 5.69 Å². The molecule has 1 rings (SSSR count). The van der Waals surface area contributed by atoms with Crippen LogP contribution in [-0.4, -0.2) is 16.1 Å². The topological polar surface area (TPSA) is 63.4 Å². The van der Waals surface area contributed by atoms with E-state index >= 15 is 0 Å². The van der Waals surface area contributed by atoms with Gasteiger partial charge < -0.3 is 5.11 Å². The fraction of sp³-hybridized carbons (Fsp3) is 0.455. The molecule has 88 valence electrons. The molecule has 0 saturated heterocycles. The second kappa shape index (κ2) is 5.41. The quantitative estimate of drug-likeness (QED) is 0.683. The van der Waals surface area contributed by atoms with Crippen molar-refractivity contribution < 1.29 is 10.0 Å². The summed E-state index contributed by atoms with van der Waals surface area (Å²) in [6, 6.07) is 4.90. The van der Waals surface area contributed by atoms with Gasteiger partial charge in [-0.3, -0.25) is 10.1 Å². The van der Waals surface area contributed by atoms with Crippen LogP contribution in [0.5, 0.6) is 0 Å². The molecule has 1 N–H and O–H groups in total. The SMILES string of the molecule is CCC(O)C(C)c1ccc(Br)cc1[N+](=O)[O-]. The molecular formula is C11H14BrNO3. The van der Waals surface area contributed by atoms with E-state index in [1.165, 1.54) is 6.07 Å². The van der Waals surface area contributed by atoms with Crippen molar-refractivity contribution >= 4 is 21.6 Å². The normalized spacial score (nSPS) is 14.5. The smallest absolute Gasteiger partial charge is 0.274 e. The zero-order valence-electron chi connectivity index (χ0n) is 9.18. The van der Waals surface area contributed by atoms with E-state index in [0.29, 0.717) is 16.5 Å². The molecule has 0 aliphatic heterocycles. The molecule has 0 radical (unpaired) electrons. The Balaban J connectivity index is 3.17. The first-order chi connectivity index (χ1) is 7.47. The molecule has 0 fully saturated rings. The van der Waals surface area contributed by atoms with E-state index in [2.05, 4.69) is 15.9 Å². The zero-order valence-corrected chi connectivity index (χ0v) is 10.8. The molecule has 0 aromatic heterocycles. The number of nitro groups is 1. The average molecular weight is 288 g/mol. The van der Waals surface area contributed by atoms with Gasteiger partial charge in [-0.2, -0.15) is 0 Å². The van der Waals surface area contributed by atoms with E-state index in [0.717, 1.165) is 0 Å². The summed E-state index contributed by atoms with van der Waals surface area (Å²) in [5.74, 6) is -0.238. The highest BCUT2D eigenvalue weighted by Gasteiger charge is 2.23. The maximum atomic E-state index is 10.9. The number of hydrogen-bond donors (Lipinski definition) is 1. The molecule has 2 unspecified atom stereocenters. The minimum absolute atomic E-state index is 0.0503. The number of halogens is 1. The summed E-state index contributed by atoms with van der Waals surface area (Å²) in [4.78, 5) is 10.5. The lowest BCUT2D eigenvalue weighted by Gasteiger charge is -2.17. The number of aliphatic hydroxyl groups excluding tert-OH is 1. The van der Waals surface area contributed by atoms with Crippen molar-refractivity contribution in [3.05, 3.63) is 38.3 Å². The van der Waals surface area contributed by atoms with Crippen LogP contribution in [0.15, 0.2) is 22.7 Å². The number of nitrogens with zero attached hydrogens (tertiary/aromatic N) is 1. The number of benzene rings is 1. The Morgan fingerprint density at radius 3 is 2.69 bits per heavy atom. The van der Waals surface area contributed by atoms with E-state index < -0.39 is 11.0 Å². The van der Waals surface area contributed by atoms with Crippen LogP contribution >= 0.6 is 15.9 Å². The minimum atomic E-state index is -0.556. The molecule has 4 nitrogen and oxygen atoms in total. The van der Waals surface area contributed by atoms with E-state index in [-0.39, 0.29) is 11.6 Å². The molecule has 0 amide bonds. The third-order valence-electron chi connectivity index (χ3n) is 2.68. The lowest BCUT2D eigenvalue weighted by Crippen LogP contribution is -2.15. The fourth-order valence-corrected chi connectivity index (χ4v) is 1.97. The van der Waals surface area contributed by atoms with Gasteiger partial charge in [0, 0.05) is 22.0 Å². The summed E-state index contributed by atoms with van der Waals surface area (Å²) < 4.78 is 0.668. The first-order valence-corrected chi connectivity index (χ1v) is 5.88. The zero-order chi connectivity index (χ0) is 12.3. The summed E-state index contributed by atoms with van der Waals surface area (Å²) >= 11 is 3.20. The van der Waals surface area contributed by atoms with Gasteiger partial charge in [0.2, 0.25) is 0 Å². The fourth-order valence-electron chi connectivity index (χ4n) is 1.62. The molecule has 0 bridgehead atoms. The second-order valence-electron chi connectivity index (χ2n) is 3.72. The minimum Gasteiger partial charge on any atom is -0.393 e. The van der Waals surface area contributed by atoms with Crippen LogP contribution in [-0.2, 0) is 0 Å².